The molecule has 0 spiro atoms. The molecule has 6 nitrogen and oxygen atoms in total. The van der Waals surface area contributed by atoms with Crippen molar-refractivity contribution in [2.45, 2.75) is 44.7 Å². The van der Waals surface area contributed by atoms with Crippen LogP contribution in [-0.2, 0) is 24.2 Å². The number of carbonyl (C=O) groups is 1. The lowest BCUT2D eigenvalue weighted by molar-refractivity contribution is -0.138. The summed E-state index contributed by atoms with van der Waals surface area (Å²) < 4.78 is 0. The zero-order valence-electron chi connectivity index (χ0n) is 15.0. The van der Waals surface area contributed by atoms with Gasteiger partial charge in [-0.2, -0.15) is 0 Å². The van der Waals surface area contributed by atoms with Crippen LogP contribution in [0.1, 0.15) is 36.1 Å². The summed E-state index contributed by atoms with van der Waals surface area (Å²) in [5.74, 6) is 0.224. The molecule has 2 N–H and O–H groups in total. The minimum atomic E-state index is -0.0438. The van der Waals surface area contributed by atoms with Crippen LogP contribution in [0.5, 0.6) is 0 Å². The molecule has 1 aromatic heterocycles. The van der Waals surface area contributed by atoms with Crippen LogP contribution in [0.3, 0.4) is 0 Å². The van der Waals surface area contributed by atoms with Crippen LogP contribution in [0.4, 0.5) is 0 Å². The summed E-state index contributed by atoms with van der Waals surface area (Å²) in [6.07, 6.45) is 4.52. The van der Waals surface area contributed by atoms with E-state index in [1.165, 1.54) is 5.56 Å². The van der Waals surface area contributed by atoms with E-state index in [0.717, 1.165) is 43.6 Å². The minimum absolute atomic E-state index is 0.0429. The van der Waals surface area contributed by atoms with Gasteiger partial charge in [0.25, 0.3) is 5.56 Å². The molecular formula is C20H26N4O2. The Bertz CT molecular complexity index is 811. The van der Waals surface area contributed by atoms with Gasteiger partial charge >= 0.3 is 0 Å². The summed E-state index contributed by atoms with van der Waals surface area (Å²) in [5.41, 5.74) is 2.97. The smallest absolute Gasteiger partial charge is 0.267 e. The summed E-state index contributed by atoms with van der Waals surface area (Å²) >= 11 is 0. The topological polar surface area (TPSA) is 72.2 Å². The third-order valence-electron chi connectivity index (χ3n) is 5.67. The van der Waals surface area contributed by atoms with E-state index in [-0.39, 0.29) is 17.5 Å². The first-order chi connectivity index (χ1) is 12.7. The number of likely N-dealkylation sites (tertiary alicyclic amines) is 1. The normalized spacial score (nSPS) is 21.2. The third-order valence-corrected chi connectivity index (χ3v) is 5.67. The number of aromatic nitrogens is 2. The minimum Gasteiger partial charge on any atom is -0.341 e. The highest BCUT2D eigenvalue weighted by molar-refractivity contribution is 5.82. The molecule has 0 bridgehead atoms. The van der Waals surface area contributed by atoms with Crippen molar-refractivity contribution < 1.29 is 4.79 Å². The SMILES string of the molecule is O=C(C1CCCCN1Cc1ccccc1)N1CCc2[nH][nH]c(=O)c2CC1. The molecule has 3 heterocycles. The lowest BCUT2D eigenvalue weighted by Crippen LogP contribution is -2.51. The molecule has 26 heavy (non-hydrogen) atoms. The molecule has 1 aromatic carbocycles. The van der Waals surface area contributed by atoms with E-state index in [1.807, 2.05) is 11.0 Å². The van der Waals surface area contributed by atoms with Crippen molar-refractivity contribution in [3.05, 3.63) is 57.5 Å². The highest BCUT2D eigenvalue weighted by Gasteiger charge is 2.33. The van der Waals surface area contributed by atoms with Crippen LogP contribution in [-0.4, -0.2) is 51.6 Å². The number of hydrogen-bond donors (Lipinski definition) is 2. The molecule has 6 heteroatoms. The Labute approximate surface area is 153 Å². The molecule has 0 saturated carbocycles. The Kier molecular flexibility index (Phi) is 4.93. The van der Waals surface area contributed by atoms with E-state index in [4.69, 9.17) is 0 Å². The fourth-order valence-electron chi connectivity index (χ4n) is 4.21. The van der Waals surface area contributed by atoms with Gasteiger partial charge in [0.15, 0.2) is 0 Å². The van der Waals surface area contributed by atoms with Crippen molar-refractivity contribution in [3.63, 3.8) is 0 Å². The first-order valence-electron chi connectivity index (χ1n) is 9.57. The monoisotopic (exact) mass is 354 g/mol. The van der Waals surface area contributed by atoms with Crippen molar-refractivity contribution >= 4 is 5.91 Å². The maximum atomic E-state index is 13.3. The van der Waals surface area contributed by atoms with Crippen LogP contribution in [0.2, 0.25) is 0 Å². The van der Waals surface area contributed by atoms with Crippen LogP contribution in [0.25, 0.3) is 0 Å². The highest BCUT2D eigenvalue weighted by atomic mass is 16.2. The number of benzene rings is 1. The second-order valence-electron chi connectivity index (χ2n) is 7.33. The number of carbonyl (C=O) groups excluding carboxylic acids is 1. The Balaban J connectivity index is 1.46. The molecule has 1 fully saturated rings. The summed E-state index contributed by atoms with van der Waals surface area (Å²) in [4.78, 5) is 29.4. The van der Waals surface area contributed by atoms with Crippen LogP contribution in [0.15, 0.2) is 35.1 Å². The van der Waals surface area contributed by atoms with Gasteiger partial charge in [-0.3, -0.25) is 19.6 Å². The molecule has 138 valence electrons. The first-order valence-corrected chi connectivity index (χ1v) is 9.57. The number of fused-ring (bicyclic) bond motifs is 1. The second-order valence-corrected chi connectivity index (χ2v) is 7.33. The van der Waals surface area contributed by atoms with Crippen molar-refractivity contribution in [2.24, 2.45) is 0 Å². The summed E-state index contributed by atoms with van der Waals surface area (Å²) in [7, 11) is 0. The molecule has 4 rings (SSSR count). The first kappa shape index (κ1) is 17.1. The van der Waals surface area contributed by atoms with Gasteiger partial charge < -0.3 is 10.00 Å². The van der Waals surface area contributed by atoms with E-state index in [1.54, 1.807) is 0 Å². The van der Waals surface area contributed by atoms with Crippen molar-refractivity contribution in [2.75, 3.05) is 19.6 Å². The van der Waals surface area contributed by atoms with E-state index in [2.05, 4.69) is 39.4 Å². The van der Waals surface area contributed by atoms with Crippen molar-refractivity contribution in [3.8, 4) is 0 Å². The van der Waals surface area contributed by atoms with Crippen molar-refractivity contribution in [1.82, 2.24) is 20.0 Å². The van der Waals surface area contributed by atoms with Crippen LogP contribution >= 0.6 is 0 Å². The van der Waals surface area contributed by atoms with Gasteiger partial charge in [-0.05, 0) is 31.4 Å². The molecule has 1 amide bonds. The maximum Gasteiger partial charge on any atom is 0.267 e. The summed E-state index contributed by atoms with van der Waals surface area (Å²) in [6, 6.07) is 10.3. The Morgan fingerprint density at radius 3 is 2.69 bits per heavy atom. The quantitative estimate of drug-likeness (QED) is 0.881. The van der Waals surface area contributed by atoms with Gasteiger partial charge in [0.05, 0.1) is 6.04 Å². The molecule has 2 aromatic rings. The fourth-order valence-corrected chi connectivity index (χ4v) is 4.21. The van der Waals surface area contributed by atoms with Gasteiger partial charge in [0.1, 0.15) is 0 Å². The third kappa shape index (κ3) is 3.46. The Morgan fingerprint density at radius 2 is 1.85 bits per heavy atom. The number of H-pyrrole nitrogens is 2. The molecule has 2 aliphatic heterocycles. The number of hydrogen-bond acceptors (Lipinski definition) is 3. The zero-order valence-corrected chi connectivity index (χ0v) is 15.0. The largest absolute Gasteiger partial charge is 0.341 e. The van der Waals surface area contributed by atoms with Gasteiger partial charge in [0, 0.05) is 37.3 Å². The predicted octanol–water partition coefficient (Wildman–Crippen LogP) is 1.68. The number of nitrogens with one attached hydrogen (secondary N) is 2. The van der Waals surface area contributed by atoms with Gasteiger partial charge in [-0.25, -0.2) is 0 Å². The second kappa shape index (κ2) is 7.50. The summed E-state index contributed by atoms with van der Waals surface area (Å²) in [5, 5.41) is 5.62. The number of rotatable bonds is 3. The molecule has 0 radical (unpaired) electrons. The number of nitrogens with zero attached hydrogens (tertiary/aromatic N) is 2. The van der Waals surface area contributed by atoms with Crippen LogP contribution < -0.4 is 5.56 Å². The average molecular weight is 354 g/mol. The zero-order chi connectivity index (χ0) is 17.9. The molecular weight excluding hydrogens is 328 g/mol. The van der Waals surface area contributed by atoms with Gasteiger partial charge in [-0.1, -0.05) is 36.8 Å². The highest BCUT2D eigenvalue weighted by Crippen LogP contribution is 2.22. The molecule has 0 aliphatic carbocycles. The van der Waals surface area contributed by atoms with Gasteiger partial charge in [-0.15, -0.1) is 0 Å². The van der Waals surface area contributed by atoms with Gasteiger partial charge in [0.2, 0.25) is 5.91 Å². The fraction of sp³-hybridized carbons (Fsp3) is 0.500. The maximum absolute atomic E-state index is 13.3. The molecule has 1 saturated heterocycles. The van der Waals surface area contributed by atoms with E-state index in [9.17, 15) is 9.59 Å². The number of amides is 1. The standard InChI is InChI=1S/C20H26N4O2/c25-19-16-9-12-23(13-10-17(16)21-22-19)20(26)18-8-4-5-11-24(18)14-15-6-2-1-3-7-15/h1-3,6-7,18H,4-5,8-14H2,(H2,21,22,25). The van der Waals surface area contributed by atoms with E-state index >= 15 is 0 Å². The molecule has 2 aliphatic rings. The lowest BCUT2D eigenvalue weighted by atomic mass is 9.99. The molecule has 1 atom stereocenters. The summed E-state index contributed by atoms with van der Waals surface area (Å²) in [6.45, 7) is 3.10. The Hall–Kier alpha value is -2.34. The molecule has 1 unspecified atom stereocenters. The van der Waals surface area contributed by atoms with Crippen molar-refractivity contribution in [1.29, 1.82) is 0 Å². The number of aromatic amines is 2. The number of piperidine rings is 1. The predicted molar refractivity (Wildman–Crippen MR) is 99.9 cm³/mol. The Morgan fingerprint density at radius 1 is 1.04 bits per heavy atom. The van der Waals surface area contributed by atoms with E-state index in [0.29, 0.717) is 25.9 Å². The van der Waals surface area contributed by atoms with E-state index < -0.39 is 0 Å². The van der Waals surface area contributed by atoms with Crippen LogP contribution in [0, 0.1) is 0 Å². The lowest BCUT2D eigenvalue weighted by Gasteiger charge is -2.37. The average Bonchev–Trinajstić information content (AvgIpc) is 2.89.